The fourth-order valence-corrected chi connectivity index (χ4v) is 0.774. The van der Waals surface area contributed by atoms with Gasteiger partial charge in [-0.2, -0.15) is 5.26 Å². The van der Waals surface area contributed by atoms with E-state index in [0.717, 1.165) is 12.8 Å². The summed E-state index contributed by atoms with van der Waals surface area (Å²) >= 11 is 0. The lowest BCUT2D eigenvalue weighted by Crippen LogP contribution is -2.23. The second kappa shape index (κ2) is 6.71. The number of hydrogen-bond acceptors (Lipinski definition) is 5. The summed E-state index contributed by atoms with van der Waals surface area (Å²) in [6.45, 7) is 3.84. The fourth-order valence-electron chi connectivity index (χ4n) is 0.774. The van der Waals surface area contributed by atoms with Crippen molar-refractivity contribution in [1.29, 1.82) is 5.26 Å². The molecule has 0 amide bonds. The van der Waals surface area contributed by atoms with Crippen molar-refractivity contribution in [3.63, 3.8) is 0 Å². The number of nitriles is 1. The van der Waals surface area contributed by atoms with Crippen molar-refractivity contribution in [2.75, 3.05) is 0 Å². The first-order chi connectivity index (χ1) is 6.65. The summed E-state index contributed by atoms with van der Waals surface area (Å²) in [6.07, 6.45) is 1.70. The molecule has 0 aliphatic heterocycles. The summed E-state index contributed by atoms with van der Waals surface area (Å²) in [6, 6.07) is 1.66. The van der Waals surface area contributed by atoms with Gasteiger partial charge in [-0.3, -0.25) is 0 Å². The van der Waals surface area contributed by atoms with Crippen molar-refractivity contribution in [3.8, 4) is 6.07 Å². The van der Waals surface area contributed by atoms with Crippen LogP contribution in [-0.4, -0.2) is 22.9 Å². The van der Waals surface area contributed by atoms with E-state index in [2.05, 4.69) is 10.3 Å². The highest BCUT2D eigenvalue weighted by Gasteiger charge is 2.06. The lowest BCUT2D eigenvalue weighted by atomic mass is 10.2. The zero-order valence-corrected chi connectivity index (χ0v) is 8.27. The van der Waals surface area contributed by atoms with Gasteiger partial charge in [-0.15, -0.1) is 0 Å². The van der Waals surface area contributed by atoms with Crippen LogP contribution in [0, 0.1) is 11.3 Å². The molecule has 1 atom stereocenters. The second-order valence-corrected chi connectivity index (χ2v) is 2.74. The van der Waals surface area contributed by atoms with Gasteiger partial charge in [-0.25, -0.2) is 0 Å². The Bertz CT molecular complexity index is 267. The molecule has 0 spiro atoms. The van der Waals surface area contributed by atoms with Gasteiger partial charge in [0, 0.05) is 0 Å². The normalized spacial score (nSPS) is 14.6. The van der Waals surface area contributed by atoms with Crippen molar-refractivity contribution in [2.45, 2.75) is 32.8 Å². The van der Waals surface area contributed by atoms with Gasteiger partial charge in [-0.05, 0) is 13.3 Å². The van der Waals surface area contributed by atoms with Gasteiger partial charge in [0.2, 0.25) is 11.5 Å². The number of hydrogen-bond donors (Lipinski definition) is 2. The van der Waals surface area contributed by atoms with E-state index in [1.54, 1.807) is 6.07 Å². The fraction of sp³-hybridized carbons (Fsp3) is 0.625. The van der Waals surface area contributed by atoms with E-state index in [0.29, 0.717) is 0 Å². The quantitative estimate of drug-likeness (QED) is 0.295. The third-order valence-corrected chi connectivity index (χ3v) is 1.48. The summed E-state index contributed by atoms with van der Waals surface area (Å²) in [5.41, 5.74) is 4.93. The first-order valence-corrected chi connectivity index (χ1v) is 4.27. The van der Waals surface area contributed by atoms with Crippen molar-refractivity contribution in [3.05, 3.63) is 0 Å². The predicted molar refractivity (Wildman–Crippen MR) is 51.9 cm³/mol. The van der Waals surface area contributed by atoms with E-state index in [9.17, 15) is 0 Å². The molecule has 3 N–H and O–H groups in total. The molecule has 14 heavy (non-hydrogen) atoms. The Morgan fingerprint density at radius 3 is 2.79 bits per heavy atom. The molecule has 78 valence electrons. The first-order valence-electron chi connectivity index (χ1n) is 4.27. The maximum atomic E-state index is 8.54. The molecule has 0 aromatic carbocycles. The number of nitrogens with two attached hydrogens (primary N) is 1. The van der Waals surface area contributed by atoms with E-state index in [4.69, 9.17) is 21.0 Å². The lowest BCUT2D eigenvalue weighted by molar-refractivity contribution is 0.0666. The number of rotatable bonds is 5. The maximum absolute atomic E-state index is 8.54. The van der Waals surface area contributed by atoms with Crippen LogP contribution in [0.15, 0.2) is 10.3 Å². The molecule has 0 radical (unpaired) electrons. The number of nitrogens with zero attached hydrogens (tertiary/aromatic N) is 3. The molecule has 0 saturated carbocycles. The van der Waals surface area contributed by atoms with Gasteiger partial charge in [0.25, 0.3) is 0 Å². The van der Waals surface area contributed by atoms with Crippen LogP contribution in [-0.2, 0) is 4.84 Å². The van der Waals surface area contributed by atoms with E-state index >= 15 is 0 Å². The summed E-state index contributed by atoms with van der Waals surface area (Å²) in [7, 11) is 0. The van der Waals surface area contributed by atoms with Crippen LogP contribution in [0.3, 0.4) is 0 Å². The smallest absolute Gasteiger partial charge is 0.224 e. The van der Waals surface area contributed by atoms with Gasteiger partial charge in [0.1, 0.15) is 12.2 Å². The average molecular weight is 198 g/mol. The summed E-state index contributed by atoms with van der Waals surface area (Å²) in [5, 5.41) is 22.9. The predicted octanol–water partition coefficient (Wildman–Crippen LogP) is 0.818. The Balaban J connectivity index is 4.27. The molecule has 0 bridgehead atoms. The molecule has 0 aliphatic carbocycles. The minimum Gasteiger partial charge on any atom is -0.409 e. The highest BCUT2D eigenvalue weighted by molar-refractivity contribution is 6.46. The van der Waals surface area contributed by atoms with Gasteiger partial charge in [0.15, 0.2) is 0 Å². The van der Waals surface area contributed by atoms with Crippen molar-refractivity contribution >= 4 is 11.5 Å². The highest BCUT2D eigenvalue weighted by atomic mass is 16.6. The minimum atomic E-state index is -0.351. The maximum Gasteiger partial charge on any atom is 0.224 e. The molecular weight excluding hydrogens is 184 g/mol. The van der Waals surface area contributed by atoms with Gasteiger partial charge in [-0.1, -0.05) is 23.7 Å². The molecule has 0 heterocycles. The zero-order valence-electron chi connectivity index (χ0n) is 8.27. The summed E-state index contributed by atoms with van der Waals surface area (Å²) in [5.74, 6) is -0.351. The molecule has 1 unspecified atom stereocenters. The largest absolute Gasteiger partial charge is 0.409 e. The van der Waals surface area contributed by atoms with Crippen LogP contribution in [0.25, 0.3) is 0 Å². The Kier molecular flexibility index (Phi) is 5.87. The Hall–Kier alpha value is -1.77. The van der Waals surface area contributed by atoms with Crippen LogP contribution in [0.2, 0.25) is 0 Å². The van der Waals surface area contributed by atoms with Crippen molar-refractivity contribution in [1.82, 2.24) is 0 Å². The zero-order chi connectivity index (χ0) is 11.0. The van der Waals surface area contributed by atoms with Crippen LogP contribution in [0.4, 0.5) is 0 Å². The standard InChI is InChI=1S/C8H14N4O2/c1-3-4-6(2)14-12-7(5-9)8(10)11-13/h6,13H,3-4H2,1-2H3,(H2,10,11)/b12-7-. The summed E-state index contributed by atoms with van der Waals surface area (Å²) in [4.78, 5) is 4.95. The SMILES string of the molecule is CCCC(C)O/N=C(C#N)\C(N)=N/O. The Labute approximate surface area is 82.6 Å². The molecule has 0 aromatic rings. The van der Waals surface area contributed by atoms with E-state index in [-0.39, 0.29) is 17.7 Å². The number of oxime groups is 2. The van der Waals surface area contributed by atoms with E-state index < -0.39 is 0 Å². The monoisotopic (exact) mass is 198 g/mol. The van der Waals surface area contributed by atoms with Crippen molar-refractivity contribution < 1.29 is 10.0 Å². The summed E-state index contributed by atoms with van der Waals surface area (Å²) < 4.78 is 0. The van der Waals surface area contributed by atoms with E-state index in [1.165, 1.54) is 0 Å². The number of amidine groups is 1. The average Bonchev–Trinajstić information content (AvgIpc) is 2.18. The first kappa shape index (κ1) is 12.2. The molecule has 0 rings (SSSR count). The Morgan fingerprint density at radius 1 is 1.71 bits per heavy atom. The molecule has 6 nitrogen and oxygen atoms in total. The topological polar surface area (TPSA) is 104 Å². The van der Waals surface area contributed by atoms with Crippen LogP contribution >= 0.6 is 0 Å². The van der Waals surface area contributed by atoms with Crippen LogP contribution < -0.4 is 5.73 Å². The van der Waals surface area contributed by atoms with Crippen LogP contribution in [0.1, 0.15) is 26.7 Å². The molecule has 6 heteroatoms. The van der Waals surface area contributed by atoms with Gasteiger partial charge >= 0.3 is 0 Å². The third kappa shape index (κ3) is 4.30. The minimum absolute atomic E-state index is 0.0881. The van der Waals surface area contributed by atoms with Crippen LogP contribution in [0.5, 0.6) is 0 Å². The molecule has 0 saturated heterocycles. The molecule has 0 fully saturated rings. The molecule has 0 aromatic heterocycles. The molecule has 0 aliphatic rings. The van der Waals surface area contributed by atoms with E-state index in [1.807, 2.05) is 13.8 Å². The second-order valence-electron chi connectivity index (χ2n) is 2.74. The molecular formula is C8H14N4O2. The van der Waals surface area contributed by atoms with Gasteiger partial charge in [0.05, 0.1) is 0 Å². The lowest BCUT2D eigenvalue weighted by Gasteiger charge is -2.07. The van der Waals surface area contributed by atoms with Crippen molar-refractivity contribution in [2.24, 2.45) is 16.0 Å². The van der Waals surface area contributed by atoms with Gasteiger partial charge < -0.3 is 15.8 Å². The Morgan fingerprint density at radius 2 is 2.36 bits per heavy atom. The third-order valence-electron chi connectivity index (χ3n) is 1.48. The highest BCUT2D eigenvalue weighted by Crippen LogP contribution is 2.00.